The van der Waals surface area contributed by atoms with Gasteiger partial charge in [0.2, 0.25) is 5.91 Å². The topological polar surface area (TPSA) is 97.7 Å². The Bertz CT molecular complexity index is 754. The van der Waals surface area contributed by atoms with E-state index in [2.05, 4.69) is 16.1 Å². The number of allylic oxidation sites excluding steroid dienone is 1. The van der Waals surface area contributed by atoms with Crippen LogP contribution in [0.25, 0.3) is 0 Å². The van der Waals surface area contributed by atoms with Crippen molar-refractivity contribution in [2.75, 3.05) is 27.1 Å². The van der Waals surface area contributed by atoms with Crippen LogP contribution in [0.15, 0.2) is 28.8 Å². The van der Waals surface area contributed by atoms with Gasteiger partial charge < -0.3 is 19.5 Å². The van der Waals surface area contributed by atoms with Gasteiger partial charge in [-0.3, -0.25) is 9.59 Å². The number of benzene rings is 1. The fraction of sp³-hybridized carbons (Fsp3) is 0.353. The molecular weight excluding hydrogens is 344 g/mol. The van der Waals surface area contributed by atoms with Crippen LogP contribution in [-0.2, 0) is 14.3 Å². The Balaban J connectivity index is 2.46. The first-order valence-corrected chi connectivity index (χ1v) is 8.38. The van der Waals surface area contributed by atoms with E-state index in [0.29, 0.717) is 27.7 Å². The monoisotopic (exact) mass is 362 g/mol. The summed E-state index contributed by atoms with van der Waals surface area (Å²) < 4.78 is 15.2. The highest BCUT2D eigenvalue weighted by atomic mass is 32.2. The molecule has 0 aliphatic carbocycles. The van der Waals surface area contributed by atoms with Gasteiger partial charge in [-0.05, 0) is 18.2 Å². The van der Waals surface area contributed by atoms with E-state index < -0.39 is 11.9 Å². The predicted octanol–water partition coefficient (Wildman–Crippen LogP) is 1.95. The number of nitrogens with one attached hydrogen (secondary N) is 1. The molecule has 0 saturated heterocycles. The quantitative estimate of drug-likeness (QED) is 0.772. The standard InChI is InChI=1S/C17H18N2O5S/c1-22-10-4-5-14(23-2)12(6-10)11-7-15(20)19-17(13(11)8-18)25-9-16(21)24-3/h4-6,11H,7,9H2,1-3H3,(H,19,20)/t11-/m0/s1. The molecule has 0 saturated carbocycles. The van der Waals surface area contributed by atoms with E-state index in [-0.39, 0.29) is 18.1 Å². The Hall–Kier alpha value is -2.66. The number of ether oxygens (including phenoxy) is 3. The van der Waals surface area contributed by atoms with Crippen molar-refractivity contribution in [1.29, 1.82) is 5.26 Å². The molecule has 1 atom stereocenters. The zero-order chi connectivity index (χ0) is 18.4. The van der Waals surface area contributed by atoms with Crippen molar-refractivity contribution >= 4 is 23.6 Å². The maximum absolute atomic E-state index is 12.1. The number of hydrogen-bond acceptors (Lipinski definition) is 7. The second kappa shape index (κ2) is 8.44. The zero-order valence-corrected chi connectivity index (χ0v) is 14.9. The zero-order valence-electron chi connectivity index (χ0n) is 14.1. The Kier molecular flexibility index (Phi) is 6.31. The van der Waals surface area contributed by atoms with E-state index in [1.54, 1.807) is 18.2 Å². The van der Waals surface area contributed by atoms with Crippen LogP contribution in [0.1, 0.15) is 17.9 Å². The minimum atomic E-state index is -0.482. The molecule has 1 aromatic rings. The van der Waals surface area contributed by atoms with Gasteiger partial charge in [-0.25, -0.2) is 0 Å². The van der Waals surface area contributed by atoms with Crippen LogP contribution in [0.4, 0.5) is 0 Å². The first-order chi connectivity index (χ1) is 12.0. The van der Waals surface area contributed by atoms with Crippen molar-refractivity contribution in [3.8, 4) is 17.6 Å². The molecule has 0 unspecified atom stereocenters. The lowest BCUT2D eigenvalue weighted by atomic mass is 9.86. The second-order valence-corrected chi connectivity index (χ2v) is 6.12. The third kappa shape index (κ3) is 4.25. The van der Waals surface area contributed by atoms with Crippen molar-refractivity contribution < 1.29 is 23.8 Å². The number of nitrogens with zero attached hydrogens (tertiary/aromatic N) is 1. The van der Waals surface area contributed by atoms with Crippen molar-refractivity contribution in [1.82, 2.24) is 5.32 Å². The Morgan fingerprint density at radius 3 is 2.72 bits per heavy atom. The third-order valence-electron chi connectivity index (χ3n) is 3.73. The number of amides is 1. The summed E-state index contributed by atoms with van der Waals surface area (Å²) in [7, 11) is 4.35. The highest BCUT2D eigenvalue weighted by molar-refractivity contribution is 8.03. The summed E-state index contributed by atoms with van der Waals surface area (Å²) in [6.07, 6.45) is 0.106. The van der Waals surface area contributed by atoms with Crippen LogP contribution >= 0.6 is 11.8 Å². The highest BCUT2D eigenvalue weighted by Crippen LogP contribution is 2.41. The van der Waals surface area contributed by atoms with E-state index >= 15 is 0 Å². The van der Waals surface area contributed by atoms with Gasteiger partial charge in [-0.2, -0.15) is 5.26 Å². The van der Waals surface area contributed by atoms with Gasteiger partial charge in [0.25, 0.3) is 0 Å². The normalized spacial score (nSPS) is 16.7. The third-order valence-corrected chi connectivity index (χ3v) is 4.72. The Labute approximate surface area is 149 Å². The summed E-state index contributed by atoms with van der Waals surface area (Å²) in [5.74, 6) is 0.00270. The van der Waals surface area contributed by atoms with E-state index in [9.17, 15) is 14.9 Å². The summed E-state index contributed by atoms with van der Waals surface area (Å²) in [4.78, 5) is 23.5. The van der Waals surface area contributed by atoms with Crippen LogP contribution in [0.5, 0.6) is 11.5 Å². The molecular formula is C17H18N2O5S. The molecule has 1 aliphatic rings. The molecule has 2 rings (SSSR count). The summed E-state index contributed by atoms with van der Waals surface area (Å²) in [5, 5.41) is 12.7. The first kappa shape index (κ1) is 18.7. The molecule has 0 bridgehead atoms. The van der Waals surface area contributed by atoms with Crippen LogP contribution < -0.4 is 14.8 Å². The molecule has 132 valence electrons. The molecule has 0 radical (unpaired) electrons. The SMILES string of the molecule is COC(=O)CSC1=C(C#N)[C@H](c2cc(OC)ccc2OC)CC(=O)N1. The molecule has 25 heavy (non-hydrogen) atoms. The number of thioether (sulfide) groups is 1. The molecule has 8 heteroatoms. The average molecular weight is 362 g/mol. The summed E-state index contributed by atoms with van der Waals surface area (Å²) in [6, 6.07) is 7.38. The van der Waals surface area contributed by atoms with Crippen molar-refractivity contribution in [2.24, 2.45) is 0 Å². The second-order valence-electron chi connectivity index (χ2n) is 5.13. The van der Waals surface area contributed by atoms with Gasteiger partial charge in [0, 0.05) is 17.9 Å². The molecule has 1 aliphatic heterocycles. The van der Waals surface area contributed by atoms with Gasteiger partial charge in [-0.15, -0.1) is 0 Å². The number of carbonyl (C=O) groups is 2. The maximum Gasteiger partial charge on any atom is 0.316 e. The number of methoxy groups -OCH3 is 3. The summed E-state index contributed by atoms with van der Waals surface area (Å²) >= 11 is 1.07. The van der Waals surface area contributed by atoms with E-state index in [4.69, 9.17) is 9.47 Å². The fourth-order valence-corrected chi connectivity index (χ4v) is 3.41. The van der Waals surface area contributed by atoms with Crippen LogP contribution in [0.3, 0.4) is 0 Å². The largest absolute Gasteiger partial charge is 0.497 e. The lowest BCUT2D eigenvalue weighted by molar-refractivity contribution is -0.137. The van der Waals surface area contributed by atoms with Crippen LogP contribution in [0, 0.1) is 11.3 Å². The maximum atomic E-state index is 12.1. The van der Waals surface area contributed by atoms with Crippen molar-refractivity contribution in [3.63, 3.8) is 0 Å². The number of esters is 1. The van der Waals surface area contributed by atoms with Crippen molar-refractivity contribution in [2.45, 2.75) is 12.3 Å². The Morgan fingerprint density at radius 2 is 2.12 bits per heavy atom. The van der Waals surface area contributed by atoms with Gasteiger partial charge in [0.1, 0.15) is 11.5 Å². The molecule has 1 amide bonds. The smallest absolute Gasteiger partial charge is 0.316 e. The Morgan fingerprint density at radius 1 is 1.36 bits per heavy atom. The lowest BCUT2D eigenvalue weighted by Crippen LogP contribution is -2.31. The van der Waals surface area contributed by atoms with E-state index in [0.717, 1.165) is 11.8 Å². The van der Waals surface area contributed by atoms with Gasteiger partial charge >= 0.3 is 5.97 Å². The molecule has 7 nitrogen and oxygen atoms in total. The molecule has 0 aromatic heterocycles. The highest BCUT2D eigenvalue weighted by Gasteiger charge is 2.32. The molecule has 0 fully saturated rings. The first-order valence-electron chi connectivity index (χ1n) is 7.39. The fourth-order valence-electron chi connectivity index (χ4n) is 2.50. The number of rotatable bonds is 6. The molecule has 0 spiro atoms. The van der Waals surface area contributed by atoms with E-state index in [1.165, 1.54) is 21.3 Å². The van der Waals surface area contributed by atoms with Crippen LogP contribution in [0.2, 0.25) is 0 Å². The molecule has 1 heterocycles. The lowest BCUT2D eigenvalue weighted by Gasteiger charge is -2.26. The molecule has 1 N–H and O–H groups in total. The minimum Gasteiger partial charge on any atom is -0.497 e. The summed E-state index contributed by atoms with van der Waals surface area (Å²) in [5.41, 5.74) is 1.06. The van der Waals surface area contributed by atoms with Gasteiger partial charge in [0.15, 0.2) is 0 Å². The number of nitriles is 1. The average Bonchev–Trinajstić information content (AvgIpc) is 2.64. The van der Waals surface area contributed by atoms with Crippen LogP contribution in [-0.4, -0.2) is 39.0 Å². The minimum absolute atomic E-state index is 0.000735. The number of hydrogen-bond donors (Lipinski definition) is 1. The molecule has 1 aromatic carbocycles. The number of carbonyl (C=O) groups excluding carboxylic acids is 2. The van der Waals surface area contributed by atoms with E-state index in [1.807, 2.05) is 0 Å². The summed E-state index contributed by atoms with van der Waals surface area (Å²) in [6.45, 7) is 0. The predicted molar refractivity (Wildman–Crippen MR) is 92.2 cm³/mol. The van der Waals surface area contributed by atoms with Gasteiger partial charge in [0.05, 0.1) is 43.8 Å². The van der Waals surface area contributed by atoms with Crippen molar-refractivity contribution in [3.05, 3.63) is 34.4 Å². The van der Waals surface area contributed by atoms with Gasteiger partial charge in [-0.1, -0.05) is 11.8 Å².